The average molecular weight is 247 g/mol. The van der Waals surface area contributed by atoms with Crippen molar-refractivity contribution in [3.63, 3.8) is 0 Å². The van der Waals surface area contributed by atoms with Crippen LogP contribution in [0.15, 0.2) is 18.2 Å². The molecule has 4 nitrogen and oxygen atoms in total. The molecule has 18 heavy (non-hydrogen) atoms. The number of carbonyl (C=O) groups is 1. The summed E-state index contributed by atoms with van der Waals surface area (Å²) in [4.78, 5) is 10.6. The highest BCUT2D eigenvalue weighted by molar-refractivity contribution is 5.73. The lowest BCUT2D eigenvalue weighted by Crippen LogP contribution is -2.21. The van der Waals surface area contributed by atoms with Crippen LogP contribution in [0.3, 0.4) is 0 Å². The first kappa shape index (κ1) is 12.9. The van der Waals surface area contributed by atoms with E-state index >= 15 is 0 Å². The van der Waals surface area contributed by atoms with Gasteiger partial charge in [0.2, 0.25) is 5.91 Å². The Morgan fingerprint density at radius 2 is 2.22 bits per heavy atom. The maximum absolute atomic E-state index is 10.6. The molecule has 1 amide bonds. The van der Waals surface area contributed by atoms with Gasteiger partial charge >= 0.3 is 0 Å². The predicted molar refractivity (Wildman–Crippen MR) is 73.0 cm³/mol. The minimum Gasteiger partial charge on any atom is -0.399 e. The molecule has 4 heteroatoms. The topological polar surface area (TPSA) is 81.1 Å². The highest BCUT2D eigenvalue weighted by atomic mass is 16.1. The Balaban J connectivity index is 1.78. The van der Waals surface area contributed by atoms with Crippen molar-refractivity contribution in [2.24, 2.45) is 5.73 Å². The molecule has 0 aliphatic heterocycles. The summed E-state index contributed by atoms with van der Waals surface area (Å²) in [5, 5.41) is 3.54. The van der Waals surface area contributed by atoms with E-state index < -0.39 is 0 Å². The van der Waals surface area contributed by atoms with Crippen molar-refractivity contribution in [2.45, 2.75) is 38.1 Å². The molecular formula is C14H21N3O. The monoisotopic (exact) mass is 247 g/mol. The first-order chi connectivity index (χ1) is 8.66. The van der Waals surface area contributed by atoms with Crippen LogP contribution < -0.4 is 16.8 Å². The van der Waals surface area contributed by atoms with Gasteiger partial charge in [0.1, 0.15) is 0 Å². The van der Waals surface area contributed by atoms with Gasteiger partial charge in [-0.3, -0.25) is 4.79 Å². The van der Waals surface area contributed by atoms with Gasteiger partial charge in [-0.05, 0) is 55.5 Å². The number of rotatable bonds is 6. The van der Waals surface area contributed by atoms with Crippen molar-refractivity contribution in [2.75, 3.05) is 12.3 Å². The molecule has 2 rings (SSSR count). The van der Waals surface area contributed by atoms with Crippen molar-refractivity contribution in [3.05, 3.63) is 29.3 Å². The standard InChI is InChI=1S/C14H21N3O/c15-11-5-6-12-10(9-11)4-7-13(12)17-8-2-1-3-14(16)18/h5-6,9,13,17H,1-4,7-8,15H2,(H2,16,18). The van der Waals surface area contributed by atoms with Gasteiger partial charge in [0.25, 0.3) is 0 Å². The molecule has 1 aromatic carbocycles. The third-order valence-corrected chi connectivity index (χ3v) is 3.49. The first-order valence-electron chi connectivity index (χ1n) is 6.57. The highest BCUT2D eigenvalue weighted by Gasteiger charge is 2.21. The molecule has 98 valence electrons. The number of unbranched alkanes of at least 4 members (excludes halogenated alkanes) is 1. The minimum atomic E-state index is -0.211. The summed E-state index contributed by atoms with van der Waals surface area (Å²) in [5.41, 5.74) is 14.5. The van der Waals surface area contributed by atoms with E-state index in [-0.39, 0.29) is 5.91 Å². The molecule has 0 radical (unpaired) electrons. The number of nitrogens with one attached hydrogen (secondary N) is 1. The van der Waals surface area contributed by atoms with E-state index in [9.17, 15) is 4.79 Å². The average Bonchev–Trinajstić information content (AvgIpc) is 2.70. The number of primary amides is 1. The molecule has 1 atom stereocenters. The number of carbonyl (C=O) groups excluding carboxylic acids is 1. The first-order valence-corrected chi connectivity index (χ1v) is 6.57. The minimum absolute atomic E-state index is 0.211. The summed E-state index contributed by atoms with van der Waals surface area (Å²) in [6.45, 7) is 0.932. The van der Waals surface area contributed by atoms with Crippen LogP contribution >= 0.6 is 0 Å². The summed E-state index contributed by atoms with van der Waals surface area (Å²) < 4.78 is 0. The largest absolute Gasteiger partial charge is 0.399 e. The summed E-state index contributed by atoms with van der Waals surface area (Å²) >= 11 is 0. The van der Waals surface area contributed by atoms with Gasteiger partial charge in [0, 0.05) is 18.2 Å². The van der Waals surface area contributed by atoms with Crippen molar-refractivity contribution in [1.82, 2.24) is 5.32 Å². The van der Waals surface area contributed by atoms with Gasteiger partial charge in [-0.1, -0.05) is 6.07 Å². The smallest absolute Gasteiger partial charge is 0.217 e. The number of hydrogen-bond acceptors (Lipinski definition) is 3. The number of nitrogen functional groups attached to an aromatic ring is 1. The molecule has 0 spiro atoms. The van der Waals surface area contributed by atoms with Gasteiger partial charge in [-0.2, -0.15) is 0 Å². The molecule has 0 heterocycles. The number of benzene rings is 1. The third-order valence-electron chi connectivity index (χ3n) is 3.49. The van der Waals surface area contributed by atoms with Crippen molar-refractivity contribution in [3.8, 4) is 0 Å². The Kier molecular flexibility index (Phi) is 4.20. The molecule has 1 unspecified atom stereocenters. The summed E-state index contributed by atoms with van der Waals surface area (Å²) in [6, 6.07) is 6.60. The second kappa shape index (κ2) is 5.87. The van der Waals surface area contributed by atoms with E-state index in [0.717, 1.165) is 37.9 Å². The second-order valence-electron chi connectivity index (χ2n) is 4.93. The maximum Gasteiger partial charge on any atom is 0.217 e. The van der Waals surface area contributed by atoms with E-state index in [1.165, 1.54) is 11.1 Å². The molecule has 0 fully saturated rings. The third kappa shape index (κ3) is 3.23. The zero-order valence-electron chi connectivity index (χ0n) is 10.6. The van der Waals surface area contributed by atoms with Gasteiger partial charge in [0.15, 0.2) is 0 Å². The number of hydrogen-bond donors (Lipinski definition) is 3. The predicted octanol–water partition coefficient (Wildman–Crippen LogP) is 1.50. The quantitative estimate of drug-likeness (QED) is 0.526. The van der Waals surface area contributed by atoms with Crippen molar-refractivity contribution < 1.29 is 4.79 Å². The molecule has 0 bridgehead atoms. The van der Waals surface area contributed by atoms with Crippen molar-refractivity contribution in [1.29, 1.82) is 0 Å². The van der Waals surface area contributed by atoms with Crippen molar-refractivity contribution >= 4 is 11.6 Å². The number of nitrogens with two attached hydrogens (primary N) is 2. The Labute approximate surface area is 108 Å². The van der Waals surface area contributed by atoms with E-state index in [4.69, 9.17) is 11.5 Å². The van der Waals surface area contributed by atoms with E-state index in [1.807, 2.05) is 6.07 Å². The van der Waals surface area contributed by atoms with Crippen LogP contribution in [-0.2, 0) is 11.2 Å². The Hall–Kier alpha value is -1.55. The summed E-state index contributed by atoms with van der Waals surface area (Å²) in [7, 11) is 0. The number of amides is 1. The molecular weight excluding hydrogens is 226 g/mol. The second-order valence-corrected chi connectivity index (χ2v) is 4.93. The van der Waals surface area contributed by atoms with Crippen LogP contribution in [0.5, 0.6) is 0 Å². The number of fused-ring (bicyclic) bond motifs is 1. The molecule has 0 saturated heterocycles. The fourth-order valence-electron chi connectivity index (χ4n) is 2.55. The van der Waals surface area contributed by atoms with E-state index in [2.05, 4.69) is 17.4 Å². The number of aryl methyl sites for hydroxylation is 1. The molecule has 1 aromatic rings. The van der Waals surface area contributed by atoms with Crippen LogP contribution in [0, 0.1) is 0 Å². The number of anilines is 1. The normalized spacial score (nSPS) is 17.7. The zero-order valence-corrected chi connectivity index (χ0v) is 10.6. The zero-order chi connectivity index (χ0) is 13.0. The summed E-state index contributed by atoms with van der Waals surface area (Å²) in [5.74, 6) is -0.211. The molecule has 0 saturated carbocycles. The van der Waals surface area contributed by atoms with Crippen LogP contribution in [0.1, 0.15) is 42.9 Å². The van der Waals surface area contributed by atoms with Gasteiger partial charge in [-0.25, -0.2) is 0 Å². The molecule has 0 aromatic heterocycles. The fraction of sp³-hybridized carbons (Fsp3) is 0.500. The lowest BCUT2D eigenvalue weighted by Gasteiger charge is -2.14. The van der Waals surface area contributed by atoms with Gasteiger partial charge in [-0.15, -0.1) is 0 Å². The molecule has 1 aliphatic rings. The fourth-order valence-corrected chi connectivity index (χ4v) is 2.55. The van der Waals surface area contributed by atoms with Crippen LogP contribution in [0.2, 0.25) is 0 Å². The molecule has 5 N–H and O–H groups in total. The van der Waals surface area contributed by atoms with Crippen LogP contribution in [0.4, 0.5) is 5.69 Å². The summed E-state index contributed by atoms with van der Waals surface area (Å²) in [6.07, 6.45) is 4.57. The Bertz CT molecular complexity index is 431. The molecule has 1 aliphatic carbocycles. The lowest BCUT2D eigenvalue weighted by atomic mass is 10.1. The van der Waals surface area contributed by atoms with E-state index in [0.29, 0.717) is 12.5 Å². The SMILES string of the molecule is NC(=O)CCCCNC1CCc2cc(N)ccc21. The van der Waals surface area contributed by atoms with Gasteiger partial charge in [0.05, 0.1) is 0 Å². The Morgan fingerprint density at radius 3 is 3.00 bits per heavy atom. The highest BCUT2D eigenvalue weighted by Crippen LogP contribution is 2.32. The van der Waals surface area contributed by atoms with Crippen LogP contribution in [-0.4, -0.2) is 12.5 Å². The van der Waals surface area contributed by atoms with Crippen LogP contribution in [0.25, 0.3) is 0 Å². The van der Waals surface area contributed by atoms with Gasteiger partial charge < -0.3 is 16.8 Å². The maximum atomic E-state index is 10.6. The Morgan fingerprint density at radius 1 is 1.39 bits per heavy atom. The lowest BCUT2D eigenvalue weighted by molar-refractivity contribution is -0.118. The van der Waals surface area contributed by atoms with E-state index in [1.54, 1.807) is 0 Å².